The van der Waals surface area contributed by atoms with E-state index in [9.17, 15) is 15.0 Å². The second kappa shape index (κ2) is 4.94. The molecule has 0 unspecified atom stereocenters. The molecule has 0 aromatic heterocycles. The Morgan fingerprint density at radius 2 is 2.04 bits per heavy atom. The van der Waals surface area contributed by atoms with Gasteiger partial charge in [-0.05, 0) is 62.4 Å². The van der Waals surface area contributed by atoms with Gasteiger partial charge in [-0.25, -0.2) is 0 Å². The first kappa shape index (κ1) is 15.4. The minimum Gasteiger partial charge on any atom is -0.392 e. The maximum atomic E-state index is 11.8. The molecule has 23 heavy (non-hydrogen) atoms. The van der Waals surface area contributed by atoms with Crippen molar-refractivity contribution in [1.29, 1.82) is 0 Å². The number of aliphatic hydroxyl groups is 2. The van der Waals surface area contributed by atoms with E-state index in [1.807, 2.05) is 0 Å². The van der Waals surface area contributed by atoms with Crippen LogP contribution >= 0.6 is 0 Å². The first-order chi connectivity index (χ1) is 10.9. The van der Waals surface area contributed by atoms with Gasteiger partial charge in [0, 0.05) is 17.8 Å². The molecule has 124 valence electrons. The van der Waals surface area contributed by atoms with Gasteiger partial charge in [0.1, 0.15) is 5.60 Å². The molecule has 3 saturated carbocycles. The SMILES string of the molecule is C#C[C@]1(O)CC[C@@H]2[C@H]3CCC4=CC(=O)C[C@@H](O)[C@@H]4[C@H]3CC[C@@]21C. The van der Waals surface area contributed by atoms with E-state index in [1.165, 1.54) is 5.57 Å². The van der Waals surface area contributed by atoms with Gasteiger partial charge < -0.3 is 10.2 Å². The molecule has 4 aliphatic rings. The van der Waals surface area contributed by atoms with E-state index in [0.29, 0.717) is 24.2 Å². The zero-order valence-corrected chi connectivity index (χ0v) is 13.8. The highest BCUT2D eigenvalue weighted by atomic mass is 16.3. The molecule has 0 aliphatic heterocycles. The molecule has 7 atom stereocenters. The highest BCUT2D eigenvalue weighted by Crippen LogP contribution is 2.64. The first-order valence-electron chi connectivity index (χ1n) is 9.01. The maximum Gasteiger partial charge on any atom is 0.158 e. The van der Waals surface area contributed by atoms with E-state index < -0.39 is 11.7 Å². The Bertz CT molecular complexity index is 615. The third-order valence-corrected chi connectivity index (χ3v) is 7.71. The standard InChI is InChI=1S/C20H26O3/c1-3-20(23)9-7-16-14-5-4-12-10-13(21)11-17(22)18(12)15(14)6-8-19(16,20)2/h1,10,14-18,22-23H,4-9,11H2,2H3/t14-,15-,16+,17+,18-,19-,20-/m0/s1. The van der Waals surface area contributed by atoms with Crippen molar-refractivity contribution in [3.05, 3.63) is 11.6 Å². The average Bonchev–Trinajstić information content (AvgIpc) is 2.79. The lowest BCUT2D eigenvalue weighted by molar-refractivity contribution is -0.122. The van der Waals surface area contributed by atoms with Crippen molar-refractivity contribution in [2.24, 2.45) is 29.1 Å². The lowest BCUT2D eigenvalue weighted by atomic mass is 9.50. The zero-order chi connectivity index (χ0) is 16.4. The fourth-order valence-corrected chi connectivity index (χ4v) is 6.51. The van der Waals surface area contributed by atoms with Gasteiger partial charge in [0.05, 0.1) is 6.10 Å². The third kappa shape index (κ3) is 1.95. The minimum atomic E-state index is -0.972. The second-order valence-electron chi connectivity index (χ2n) is 8.46. The van der Waals surface area contributed by atoms with Gasteiger partial charge >= 0.3 is 0 Å². The maximum absolute atomic E-state index is 11.8. The zero-order valence-electron chi connectivity index (χ0n) is 13.8. The first-order valence-corrected chi connectivity index (χ1v) is 9.01. The van der Waals surface area contributed by atoms with Crippen molar-refractivity contribution in [1.82, 2.24) is 0 Å². The van der Waals surface area contributed by atoms with Gasteiger partial charge in [0.25, 0.3) is 0 Å². The van der Waals surface area contributed by atoms with Crippen LogP contribution in [0.1, 0.15) is 51.9 Å². The molecule has 3 heteroatoms. The molecule has 0 aromatic carbocycles. The van der Waals surface area contributed by atoms with Gasteiger partial charge in [0.2, 0.25) is 0 Å². The molecule has 4 aliphatic carbocycles. The molecule has 0 radical (unpaired) electrons. The third-order valence-electron chi connectivity index (χ3n) is 7.71. The molecular weight excluding hydrogens is 288 g/mol. The quantitative estimate of drug-likeness (QED) is 0.675. The largest absolute Gasteiger partial charge is 0.392 e. The molecule has 0 amide bonds. The predicted molar refractivity (Wildman–Crippen MR) is 87.3 cm³/mol. The molecule has 3 fully saturated rings. The smallest absolute Gasteiger partial charge is 0.158 e. The number of ketones is 1. The number of carbonyl (C=O) groups is 1. The van der Waals surface area contributed by atoms with Crippen molar-refractivity contribution in [3.63, 3.8) is 0 Å². The van der Waals surface area contributed by atoms with Gasteiger partial charge in [0.15, 0.2) is 5.78 Å². The van der Waals surface area contributed by atoms with E-state index in [-0.39, 0.29) is 23.5 Å². The molecule has 0 aromatic rings. The number of aliphatic hydroxyl groups excluding tert-OH is 1. The fourth-order valence-electron chi connectivity index (χ4n) is 6.51. The van der Waals surface area contributed by atoms with Crippen LogP contribution in [-0.2, 0) is 4.79 Å². The van der Waals surface area contributed by atoms with Crippen molar-refractivity contribution < 1.29 is 15.0 Å². The van der Waals surface area contributed by atoms with E-state index in [4.69, 9.17) is 6.42 Å². The number of carbonyl (C=O) groups excluding carboxylic acids is 1. The minimum absolute atomic E-state index is 0.0745. The van der Waals surface area contributed by atoms with Crippen molar-refractivity contribution in [3.8, 4) is 12.3 Å². The van der Waals surface area contributed by atoms with Gasteiger partial charge in [-0.3, -0.25) is 4.79 Å². The number of rotatable bonds is 0. The molecule has 0 heterocycles. The van der Waals surface area contributed by atoms with E-state index in [0.717, 1.165) is 32.1 Å². The normalized spacial score (nSPS) is 52.0. The molecule has 2 N–H and O–H groups in total. The van der Waals surface area contributed by atoms with Crippen molar-refractivity contribution in [2.45, 2.75) is 63.6 Å². The van der Waals surface area contributed by atoms with Crippen LogP contribution in [0.15, 0.2) is 11.6 Å². The molecule has 4 rings (SSSR count). The molecule has 0 saturated heterocycles. The van der Waals surface area contributed by atoms with Crippen LogP contribution in [0, 0.1) is 41.4 Å². The second-order valence-corrected chi connectivity index (χ2v) is 8.46. The van der Waals surface area contributed by atoms with Crippen molar-refractivity contribution in [2.75, 3.05) is 0 Å². The monoisotopic (exact) mass is 314 g/mol. The summed E-state index contributed by atoms with van der Waals surface area (Å²) >= 11 is 0. The Labute approximate surface area is 138 Å². The average molecular weight is 314 g/mol. The lowest BCUT2D eigenvalue weighted by Crippen LogP contribution is -2.53. The molecule has 3 nitrogen and oxygen atoms in total. The Morgan fingerprint density at radius 1 is 1.26 bits per heavy atom. The number of hydrogen-bond donors (Lipinski definition) is 2. The summed E-state index contributed by atoms with van der Waals surface area (Å²) in [4.78, 5) is 11.8. The van der Waals surface area contributed by atoms with Gasteiger partial charge in [-0.15, -0.1) is 6.42 Å². The van der Waals surface area contributed by atoms with Crippen LogP contribution in [0.3, 0.4) is 0 Å². The Kier molecular flexibility index (Phi) is 3.31. The number of hydrogen-bond acceptors (Lipinski definition) is 3. The van der Waals surface area contributed by atoms with E-state index in [1.54, 1.807) is 6.08 Å². The number of fused-ring (bicyclic) bond motifs is 5. The summed E-state index contributed by atoms with van der Waals surface area (Å²) in [6.45, 7) is 2.17. The summed E-state index contributed by atoms with van der Waals surface area (Å²) in [5.74, 6) is 4.31. The Morgan fingerprint density at radius 3 is 2.78 bits per heavy atom. The summed E-state index contributed by atoms with van der Waals surface area (Å²) in [5.41, 5.74) is 0.00301. The topological polar surface area (TPSA) is 57.5 Å². The van der Waals surface area contributed by atoms with Crippen LogP contribution < -0.4 is 0 Å². The molecule has 0 spiro atoms. The summed E-state index contributed by atoms with van der Waals surface area (Å²) in [5, 5.41) is 21.4. The van der Waals surface area contributed by atoms with Gasteiger partial charge in [-0.1, -0.05) is 18.4 Å². The summed E-state index contributed by atoms with van der Waals surface area (Å²) in [6.07, 6.45) is 12.8. The fraction of sp³-hybridized carbons (Fsp3) is 0.750. The lowest BCUT2D eigenvalue weighted by Gasteiger charge is -2.55. The Hall–Kier alpha value is -1.11. The Balaban J connectivity index is 1.68. The summed E-state index contributed by atoms with van der Waals surface area (Å²) in [6, 6.07) is 0. The predicted octanol–water partition coefficient (Wildman–Crippen LogP) is 2.46. The van der Waals surface area contributed by atoms with Crippen LogP contribution in [0.5, 0.6) is 0 Å². The summed E-state index contributed by atoms with van der Waals surface area (Å²) in [7, 11) is 0. The van der Waals surface area contributed by atoms with Crippen LogP contribution in [-0.4, -0.2) is 27.7 Å². The van der Waals surface area contributed by atoms with Gasteiger partial charge in [-0.2, -0.15) is 0 Å². The number of terminal acetylenes is 1. The van der Waals surface area contributed by atoms with E-state index >= 15 is 0 Å². The highest BCUT2D eigenvalue weighted by molar-refractivity contribution is 5.92. The van der Waals surface area contributed by atoms with Crippen LogP contribution in [0.25, 0.3) is 0 Å². The highest BCUT2D eigenvalue weighted by Gasteiger charge is 2.62. The molecule has 0 bridgehead atoms. The van der Waals surface area contributed by atoms with Crippen LogP contribution in [0.2, 0.25) is 0 Å². The summed E-state index contributed by atoms with van der Waals surface area (Å²) < 4.78 is 0. The molecular formula is C20H26O3. The van der Waals surface area contributed by atoms with Crippen LogP contribution in [0.4, 0.5) is 0 Å². The van der Waals surface area contributed by atoms with Crippen molar-refractivity contribution >= 4 is 5.78 Å². The van der Waals surface area contributed by atoms with E-state index in [2.05, 4.69) is 12.8 Å².